The number of halogens is 2. The Morgan fingerprint density at radius 3 is 2.14 bits per heavy atom. The molecule has 43 heavy (non-hydrogen) atoms. The topological polar surface area (TPSA) is 96.0 Å². The number of benzene rings is 3. The van der Waals surface area contributed by atoms with Gasteiger partial charge in [0.05, 0.1) is 27.2 Å². The molecule has 0 fully saturated rings. The summed E-state index contributed by atoms with van der Waals surface area (Å²) in [5.74, 6) is -0.101. The molecule has 0 aliphatic heterocycles. The van der Waals surface area contributed by atoms with Gasteiger partial charge in [0, 0.05) is 13.1 Å². The maximum atomic E-state index is 14.2. The van der Waals surface area contributed by atoms with Crippen molar-refractivity contribution in [2.75, 3.05) is 24.0 Å². The second kappa shape index (κ2) is 15.5. The zero-order valence-electron chi connectivity index (χ0n) is 25.1. The smallest absolute Gasteiger partial charge is 0.264 e. The zero-order valence-corrected chi connectivity index (χ0v) is 27.5. The molecule has 0 bridgehead atoms. The standard InChI is InChI=1S/C32H39Cl2N3O5S/c1-6-30(32(39)35-19-22(3)4)36(20-24-10-17-28(33)29(34)18-24)31(38)21-37(25-11-13-26(14-12-25)42-7-2)43(40,41)27-15-8-23(5)9-16-27/h8-18,22,30H,6-7,19-21H2,1-5H3,(H,35,39). The number of aryl methyl sites for hydroxylation is 1. The zero-order chi connectivity index (χ0) is 31.7. The summed E-state index contributed by atoms with van der Waals surface area (Å²) in [4.78, 5) is 29.0. The van der Waals surface area contributed by atoms with E-state index in [4.69, 9.17) is 27.9 Å². The molecule has 3 rings (SSSR count). The number of nitrogens with zero attached hydrogens (tertiary/aromatic N) is 2. The van der Waals surface area contributed by atoms with Crippen molar-refractivity contribution in [3.63, 3.8) is 0 Å². The van der Waals surface area contributed by atoms with Crippen molar-refractivity contribution in [1.82, 2.24) is 10.2 Å². The molecular weight excluding hydrogens is 609 g/mol. The Bertz CT molecular complexity index is 1500. The molecule has 0 aliphatic carbocycles. The Balaban J connectivity index is 2.06. The highest BCUT2D eigenvalue weighted by atomic mass is 35.5. The second-order valence-corrected chi connectivity index (χ2v) is 13.3. The molecule has 1 unspecified atom stereocenters. The summed E-state index contributed by atoms with van der Waals surface area (Å²) in [5, 5.41) is 3.58. The number of ether oxygens (including phenoxy) is 1. The number of hydrogen-bond acceptors (Lipinski definition) is 5. The van der Waals surface area contributed by atoms with Crippen LogP contribution in [0.1, 0.15) is 45.2 Å². The van der Waals surface area contributed by atoms with Crippen LogP contribution in [0, 0.1) is 12.8 Å². The molecule has 11 heteroatoms. The first kappa shape index (κ1) is 34.2. The molecule has 3 aromatic rings. The fraction of sp³-hybridized carbons (Fsp3) is 0.375. The van der Waals surface area contributed by atoms with Crippen molar-refractivity contribution in [3.05, 3.63) is 87.9 Å². The summed E-state index contributed by atoms with van der Waals surface area (Å²) < 4.78 is 34.6. The molecule has 0 aliphatic rings. The normalized spacial score (nSPS) is 12.1. The largest absolute Gasteiger partial charge is 0.494 e. The van der Waals surface area contributed by atoms with Crippen molar-refractivity contribution in [3.8, 4) is 5.75 Å². The Hall–Kier alpha value is -3.27. The minimum atomic E-state index is -4.18. The molecule has 8 nitrogen and oxygen atoms in total. The van der Waals surface area contributed by atoms with Crippen molar-refractivity contribution in [2.24, 2.45) is 5.92 Å². The highest BCUT2D eigenvalue weighted by Gasteiger charge is 2.33. The minimum Gasteiger partial charge on any atom is -0.494 e. The van der Waals surface area contributed by atoms with Crippen LogP contribution in [0.15, 0.2) is 71.6 Å². The van der Waals surface area contributed by atoms with Gasteiger partial charge in [-0.05, 0) is 80.3 Å². The van der Waals surface area contributed by atoms with Gasteiger partial charge in [-0.3, -0.25) is 13.9 Å². The Labute approximate surface area is 265 Å². The third-order valence-electron chi connectivity index (χ3n) is 6.73. The van der Waals surface area contributed by atoms with Crippen LogP contribution in [0.2, 0.25) is 10.0 Å². The van der Waals surface area contributed by atoms with Gasteiger partial charge in [0.2, 0.25) is 11.8 Å². The van der Waals surface area contributed by atoms with Gasteiger partial charge >= 0.3 is 0 Å². The maximum absolute atomic E-state index is 14.2. The monoisotopic (exact) mass is 647 g/mol. The number of anilines is 1. The van der Waals surface area contributed by atoms with Crippen LogP contribution in [-0.2, 0) is 26.2 Å². The van der Waals surface area contributed by atoms with Crippen molar-refractivity contribution < 1.29 is 22.7 Å². The fourth-order valence-corrected chi connectivity index (χ4v) is 6.15. The molecular formula is C32H39Cl2N3O5S. The lowest BCUT2D eigenvalue weighted by molar-refractivity contribution is -0.140. The number of rotatable bonds is 14. The lowest BCUT2D eigenvalue weighted by atomic mass is 10.1. The second-order valence-electron chi connectivity index (χ2n) is 10.6. The van der Waals surface area contributed by atoms with Crippen LogP contribution in [0.5, 0.6) is 5.75 Å². The predicted octanol–water partition coefficient (Wildman–Crippen LogP) is 6.48. The Kier molecular flexibility index (Phi) is 12.3. The van der Waals surface area contributed by atoms with E-state index in [1.807, 2.05) is 34.6 Å². The average Bonchev–Trinajstić information content (AvgIpc) is 2.97. The van der Waals surface area contributed by atoms with Gasteiger partial charge in [0.1, 0.15) is 18.3 Å². The molecule has 0 saturated carbocycles. The number of hydrogen-bond donors (Lipinski definition) is 1. The Morgan fingerprint density at radius 2 is 1.58 bits per heavy atom. The first-order chi connectivity index (χ1) is 20.4. The van der Waals surface area contributed by atoms with Crippen molar-refractivity contribution >= 4 is 50.7 Å². The summed E-state index contributed by atoms with van der Waals surface area (Å²) in [6.45, 7) is 9.83. The van der Waals surface area contributed by atoms with Crippen LogP contribution < -0.4 is 14.4 Å². The van der Waals surface area contributed by atoms with E-state index in [2.05, 4.69) is 5.32 Å². The quantitative estimate of drug-likeness (QED) is 0.216. The summed E-state index contributed by atoms with van der Waals surface area (Å²) in [6, 6.07) is 17.1. The van der Waals surface area contributed by atoms with E-state index < -0.39 is 28.5 Å². The lowest BCUT2D eigenvalue weighted by Crippen LogP contribution is -2.52. The summed E-state index contributed by atoms with van der Waals surface area (Å²) in [6.07, 6.45) is 0.310. The van der Waals surface area contributed by atoms with Crippen molar-refractivity contribution in [1.29, 1.82) is 0 Å². The van der Waals surface area contributed by atoms with E-state index in [0.29, 0.717) is 40.9 Å². The lowest BCUT2D eigenvalue weighted by Gasteiger charge is -2.33. The van der Waals surface area contributed by atoms with Gasteiger partial charge in [-0.15, -0.1) is 0 Å². The van der Waals surface area contributed by atoms with E-state index in [0.717, 1.165) is 9.87 Å². The van der Waals surface area contributed by atoms with Crippen LogP contribution in [0.25, 0.3) is 0 Å². The molecule has 1 N–H and O–H groups in total. The molecule has 0 spiro atoms. The van der Waals surface area contributed by atoms with E-state index in [9.17, 15) is 18.0 Å². The van der Waals surface area contributed by atoms with Crippen molar-refractivity contribution in [2.45, 2.75) is 58.5 Å². The van der Waals surface area contributed by atoms with Gasteiger partial charge in [-0.1, -0.05) is 67.7 Å². The van der Waals surface area contributed by atoms with E-state index >= 15 is 0 Å². The molecule has 3 aromatic carbocycles. The first-order valence-electron chi connectivity index (χ1n) is 14.2. The molecule has 232 valence electrons. The van der Waals surface area contributed by atoms with Gasteiger partial charge in [-0.2, -0.15) is 0 Å². The average molecular weight is 649 g/mol. The molecule has 0 aromatic heterocycles. The fourth-order valence-electron chi connectivity index (χ4n) is 4.42. The minimum absolute atomic E-state index is 0.0189. The van der Waals surface area contributed by atoms with E-state index in [1.54, 1.807) is 54.6 Å². The van der Waals surface area contributed by atoms with Gasteiger partial charge in [0.15, 0.2) is 0 Å². The SMILES string of the molecule is CCOc1ccc(N(CC(=O)N(Cc2ccc(Cl)c(Cl)c2)C(CC)C(=O)NCC(C)C)S(=O)(=O)c2ccc(C)cc2)cc1. The molecule has 0 heterocycles. The predicted molar refractivity (Wildman–Crippen MR) is 172 cm³/mol. The van der Waals surface area contributed by atoms with E-state index in [-0.39, 0.29) is 29.0 Å². The third kappa shape index (κ3) is 9.11. The van der Waals surface area contributed by atoms with Crippen LogP contribution >= 0.6 is 23.2 Å². The molecule has 1 atom stereocenters. The number of carbonyl (C=O) groups is 2. The third-order valence-corrected chi connectivity index (χ3v) is 9.26. The molecule has 0 radical (unpaired) electrons. The summed E-state index contributed by atoms with van der Waals surface area (Å²) >= 11 is 12.4. The molecule has 2 amide bonds. The molecule has 0 saturated heterocycles. The highest BCUT2D eigenvalue weighted by Crippen LogP contribution is 2.28. The number of amides is 2. The van der Waals surface area contributed by atoms with Gasteiger partial charge in [0.25, 0.3) is 10.0 Å². The number of nitrogens with one attached hydrogen (secondary N) is 1. The summed E-state index contributed by atoms with van der Waals surface area (Å²) in [5.41, 5.74) is 1.82. The Morgan fingerprint density at radius 1 is 0.930 bits per heavy atom. The van der Waals surface area contributed by atoms with Gasteiger partial charge < -0.3 is 15.0 Å². The van der Waals surface area contributed by atoms with Crippen LogP contribution in [0.3, 0.4) is 0 Å². The summed E-state index contributed by atoms with van der Waals surface area (Å²) in [7, 11) is -4.18. The van der Waals surface area contributed by atoms with Gasteiger partial charge in [-0.25, -0.2) is 8.42 Å². The highest BCUT2D eigenvalue weighted by molar-refractivity contribution is 7.92. The number of carbonyl (C=O) groups excluding carboxylic acids is 2. The van der Waals surface area contributed by atoms with Crippen LogP contribution in [-0.4, -0.2) is 50.9 Å². The maximum Gasteiger partial charge on any atom is 0.264 e. The number of sulfonamides is 1. The van der Waals surface area contributed by atoms with E-state index in [1.165, 1.54) is 17.0 Å². The van der Waals surface area contributed by atoms with Crippen LogP contribution in [0.4, 0.5) is 5.69 Å². The first-order valence-corrected chi connectivity index (χ1v) is 16.4.